The van der Waals surface area contributed by atoms with E-state index in [1.54, 1.807) is 0 Å². The van der Waals surface area contributed by atoms with Crippen molar-refractivity contribution in [3.05, 3.63) is 40.8 Å². The highest BCUT2D eigenvalue weighted by Gasteiger charge is 2.48. The first kappa shape index (κ1) is 13.4. The van der Waals surface area contributed by atoms with Crippen molar-refractivity contribution in [3.8, 4) is 5.75 Å². The van der Waals surface area contributed by atoms with Crippen LogP contribution in [0.1, 0.15) is 0 Å². The zero-order valence-electron chi connectivity index (χ0n) is 9.06. The van der Waals surface area contributed by atoms with Gasteiger partial charge in [-0.3, -0.25) is 4.79 Å². The first-order chi connectivity index (χ1) is 8.71. The first-order valence-electron chi connectivity index (χ1n) is 4.83. The highest BCUT2D eigenvalue weighted by Crippen LogP contribution is 2.28. The monoisotopic (exact) mass is 293 g/mol. The summed E-state index contributed by atoms with van der Waals surface area (Å²) in [5, 5.41) is 0.470. The number of H-pyrrole nitrogens is 1. The molecule has 0 spiro atoms. The summed E-state index contributed by atoms with van der Waals surface area (Å²) >= 11 is 0. The SMILES string of the molecule is O=c1[nH]ccc2cc(OS(=O)(=O)C(F)(F)F)ccc12. The van der Waals surface area contributed by atoms with Gasteiger partial charge in [0.05, 0.1) is 0 Å². The van der Waals surface area contributed by atoms with Gasteiger partial charge in [0, 0.05) is 11.6 Å². The van der Waals surface area contributed by atoms with Crippen LogP contribution in [0.5, 0.6) is 5.75 Å². The highest BCUT2D eigenvalue weighted by molar-refractivity contribution is 7.88. The highest BCUT2D eigenvalue weighted by atomic mass is 32.2. The molecule has 5 nitrogen and oxygen atoms in total. The minimum Gasteiger partial charge on any atom is -0.376 e. The maximum absolute atomic E-state index is 12.1. The van der Waals surface area contributed by atoms with Gasteiger partial charge in [0.15, 0.2) is 0 Å². The Hall–Kier alpha value is -2.03. The number of rotatable bonds is 2. The summed E-state index contributed by atoms with van der Waals surface area (Å²) in [6.45, 7) is 0. The van der Waals surface area contributed by atoms with Gasteiger partial charge in [0.1, 0.15) is 5.75 Å². The molecule has 0 atom stereocenters. The van der Waals surface area contributed by atoms with Crippen LogP contribution in [0.15, 0.2) is 35.3 Å². The van der Waals surface area contributed by atoms with Crippen molar-refractivity contribution in [1.29, 1.82) is 0 Å². The van der Waals surface area contributed by atoms with Gasteiger partial charge in [-0.15, -0.1) is 0 Å². The van der Waals surface area contributed by atoms with Crippen LogP contribution < -0.4 is 9.74 Å². The quantitative estimate of drug-likeness (QED) is 0.676. The second-order valence-corrected chi connectivity index (χ2v) is 5.08. The van der Waals surface area contributed by atoms with Crippen LogP contribution in [0.2, 0.25) is 0 Å². The third-order valence-electron chi connectivity index (χ3n) is 2.23. The molecule has 0 radical (unpaired) electrons. The number of pyridine rings is 1. The van der Waals surface area contributed by atoms with Crippen LogP contribution in [0.4, 0.5) is 13.2 Å². The third-order valence-corrected chi connectivity index (χ3v) is 3.21. The van der Waals surface area contributed by atoms with Gasteiger partial charge in [0.25, 0.3) is 5.56 Å². The van der Waals surface area contributed by atoms with E-state index in [0.717, 1.165) is 12.1 Å². The number of alkyl halides is 3. The number of fused-ring (bicyclic) bond motifs is 1. The van der Waals surface area contributed by atoms with E-state index < -0.39 is 26.9 Å². The molecule has 1 aromatic heterocycles. The van der Waals surface area contributed by atoms with Gasteiger partial charge in [-0.25, -0.2) is 0 Å². The number of aromatic nitrogens is 1. The van der Waals surface area contributed by atoms with E-state index in [-0.39, 0.29) is 10.8 Å². The third kappa shape index (κ3) is 2.55. The van der Waals surface area contributed by atoms with Gasteiger partial charge in [-0.2, -0.15) is 21.6 Å². The molecule has 0 bridgehead atoms. The summed E-state index contributed by atoms with van der Waals surface area (Å²) in [5.41, 5.74) is -5.95. The lowest BCUT2D eigenvalue weighted by molar-refractivity contribution is -0.0500. The van der Waals surface area contributed by atoms with Crippen LogP contribution in [0, 0.1) is 0 Å². The average Bonchev–Trinajstić information content (AvgIpc) is 2.27. The van der Waals surface area contributed by atoms with E-state index in [9.17, 15) is 26.4 Å². The maximum atomic E-state index is 12.1. The Balaban J connectivity index is 2.47. The predicted octanol–water partition coefficient (Wildman–Crippen LogP) is 1.76. The number of aromatic amines is 1. The number of halogens is 3. The van der Waals surface area contributed by atoms with Gasteiger partial charge in [0.2, 0.25) is 0 Å². The minimum atomic E-state index is -5.72. The molecule has 0 amide bonds. The van der Waals surface area contributed by atoms with Gasteiger partial charge in [-0.05, 0) is 29.7 Å². The Morgan fingerprint density at radius 1 is 1.16 bits per heavy atom. The van der Waals surface area contributed by atoms with E-state index in [1.165, 1.54) is 18.3 Å². The second kappa shape index (κ2) is 4.26. The average molecular weight is 293 g/mol. The van der Waals surface area contributed by atoms with E-state index in [4.69, 9.17) is 0 Å². The molecule has 9 heteroatoms. The Morgan fingerprint density at radius 3 is 2.47 bits per heavy atom. The number of benzene rings is 1. The van der Waals surface area contributed by atoms with Crippen LogP contribution in [0.3, 0.4) is 0 Å². The number of nitrogens with one attached hydrogen (secondary N) is 1. The lowest BCUT2D eigenvalue weighted by Gasteiger charge is -2.09. The molecule has 1 aromatic carbocycles. The van der Waals surface area contributed by atoms with Crippen molar-refractivity contribution in [2.75, 3.05) is 0 Å². The standard InChI is InChI=1S/C10H6F3NO4S/c11-10(12,13)19(16,17)18-7-1-2-8-6(5-7)3-4-14-9(8)15/h1-5H,(H,14,15). The summed E-state index contributed by atoms with van der Waals surface area (Å²) < 4.78 is 62.0. The molecule has 0 aliphatic heterocycles. The maximum Gasteiger partial charge on any atom is 0.534 e. The van der Waals surface area contributed by atoms with Crippen molar-refractivity contribution in [2.45, 2.75) is 5.51 Å². The molecular formula is C10H6F3NO4S. The fourth-order valence-electron chi connectivity index (χ4n) is 1.40. The molecule has 0 saturated carbocycles. The first-order valence-corrected chi connectivity index (χ1v) is 6.24. The molecule has 0 unspecified atom stereocenters. The number of hydrogen-bond donors (Lipinski definition) is 1. The Bertz CT molecular complexity index is 779. The van der Waals surface area contributed by atoms with Crippen LogP contribution in [-0.2, 0) is 10.1 Å². The zero-order chi connectivity index (χ0) is 14.3. The predicted molar refractivity (Wildman–Crippen MR) is 60.2 cm³/mol. The summed E-state index contributed by atoms with van der Waals surface area (Å²) in [6, 6.07) is 4.59. The van der Waals surface area contributed by atoms with Crippen molar-refractivity contribution in [2.24, 2.45) is 0 Å². The van der Waals surface area contributed by atoms with Crippen LogP contribution in [0.25, 0.3) is 10.8 Å². The van der Waals surface area contributed by atoms with E-state index in [2.05, 4.69) is 9.17 Å². The second-order valence-electron chi connectivity index (χ2n) is 3.54. The van der Waals surface area contributed by atoms with Gasteiger partial charge in [-0.1, -0.05) is 0 Å². The Morgan fingerprint density at radius 2 is 1.84 bits per heavy atom. The molecular weight excluding hydrogens is 287 g/mol. The normalized spacial score (nSPS) is 12.6. The summed E-state index contributed by atoms with van der Waals surface area (Å²) in [6.07, 6.45) is 1.28. The molecule has 19 heavy (non-hydrogen) atoms. The largest absolute Gasteiger partial charge is 0.534 e. The minimum absolute atomic E-state index is 0.208. The summed E-state index contributed by atoms with van der Waals surface area (Å²) in [5.74, 6) is -0.518. The van der Waals surface area contributed by atoms with Crippen molar-refractivity contribution in [3.63, 3.8) is 0 Å². The van der Waals surface area contributed by atoms with Crippen LogP contribution in [-0.4, -0.2) is 18.9 Å². The number of hydrogen-bond acceptors (Lipinski definition) is 4. The molecule has 0 aliphatic carbocycles. The van der Waals surface area contributed by atoms with Gasteiger partial charge < -0.3 is 9.17 Å². The summed E-state index contributed by atoms with van der Waals surface area (Å²) in [4.78, 5) is 13.7. The molecule has 0 aliphatic rings. The van der Waals surface area contributed by atoms with Gasteiger partial charge >= 0.3 is 15.6 Å². The smallest absolute Gasteiger partial charge is 0.376 e. The van der Waals surface area contributed by atoms with Crippen LogP contribution >= 0.6 is 0 Å². The van der Waals surface area contributed by atoms with E-state index >= 15 is 0 Å². The molecule has 0 saturated heterocycles. The lowest BCUT2D eigenvalue weighted by Crippen LogP contribution is -2.28. The Kier molecular flexibility index (Phi) is 3.01. The molecule has 2 aromatic rings. The van der Waals surface area contributed by atoms with E-state index in [1.807, 2.05) is 0 Å². The molecule has 1 N–H and O–H groups in total. The molecule has 0 fully saturated rings. The molecule has 102 valence electrons. The van der Waals surface area contributed by atoms with Crippen molar-refractivity contribution in [1.82, 2.24) is 4.98 Å². The van der Waals surface area contributed by atoms with Crippen molar-refractivity contribution < 1.29 is 25.8 Å². The lowest BCUT2D eigenvalue weighted by atomic mass is 10.2. The summed E-state index contributed by atoms with van der Waals surface area (Å²) in [7, 11) is -5.72. The van der Waals surface area contributed by atoms with Crippen molar-refractivity contribution >= 4 is 20.9 Å². The fraction of sp³-hybridized carbons (Fsp3) is 0.100. The molecule has 2 rings (SSSR count). The zero-order valence-corrected chi connectivity index (χ0v) is 9.88. The topological polar surface area (TPSA) is 76.2 Å². The fourth-order valence-corrected chi connectivity index (χ4v) is 1.85. The van der Waals surface area contributed by atoms with E-state index in [0.29, 0.717) is 0 Å². The Labute approximate surface area is 104 Å². The molecule has 1 heterocycles.